The van der Waals surface area contributed by atoms with Gasteiger partial charge < -0.3 is 19.2 Å². The Balaban J connectivity index is 2.43. The lowest BCUT2D eigenvalue weighted by Gasteiger charge is -2.16. The fourth-order valence-electron chi connectivity index (χ4n) is 2.31. The van der Waals surface area contributed by atoms with E-state index in [-0.39, 0.29) is 0 Å². The van der Waals surface area contributed by atoms with Crippen LogP contribution in [0.25, 0.3) is 0 Å². The predicted octanol–water partition coefficient (Wildman–Crippen LogP) is 3.59. The second-order valence-electron chi connectivity index (χ2n) is 5.70. The average molecular weight is 334 g/mol. The van der Waals surface area contributed by atoms with Gasteiger partial charge in [-0.1, -0.05) is 17.3 Å². The van der Waals surface area contributed by atoms with Crippen molar-refractivity contribution in [3.8, 4) is 11.5 Å². The van der Waals surface area contributed by atoms with Crippen LogP contribution in [0.4, 0.5) is 0 Å². The topological polar surface area (TPSA) is 43.3 Å². The molecule has 0 aliphatic heterocycles. The number of hydrogen-bond acceptors (Lipinski definition) is 5. The van der Waals surface area contributed by atoms with E-state index in [1.165, 1.54) is 0 Å². The van der Waals surface area contributed by atoms with Gasteiger partial charge >= 0.3 is 0 Å². The summed E-state index contributed by atoms with van der Waals surface area (Å²) in [6, 6.07) is 4.05. The maximum atomic E-state index is 5.97. The van der Waals surface area contributed by atoms with Gasteiger partial charge in [-0.05, 0) is 57.5 Å². The molecule has 24 heavy (non-hydrogen) atoms. The van der Waals surface area contributed by atoms with E-state index in [2.05, 4.69) is 35.8 Å². The Labute approximate surface area is 145 Å². The second kappa shape index (κ2) is 11.5. The molecule has 0 saturated carbocycles. The van der Waals surface area contributed by atoms with Gasteiger partial charge in [0.25, 0.3) is 0 Å². The maximum absolute atomic E-state index is 5.97. The van der Waals surface area contributed by atoms with Gasteiger partial charge in [0.15, 0.2) is 0 Å². The van der Waals surface area contributed by atoms with Crippen molar-refractivity contribution in [3.05, 3.63) is 35.4 Å². The first-order valence-corrected chi connectivity index (χ1v) is 8.30. The van der Waals surface area contributed by atoms with Crippen LogP contribution in [0.1, 0.15) is 24.5 Å². The third-order valence-electron chi connectivity index (χ3n) is 3.52. The Morgan fingerprint density at radius 1 is 1.17 bits per heavy atom. The number of oxime groups is 1. The van der Waals surface area contributed by atoms with Crippen molar-refractivity contribution < 1.29 is 14.3 Å². The van der Waals surface area contributed by atoms with Crippen LogP contribution >= 0.6 is 0 Å². The highest BCUT2D eigenvalue weighted by atomic mass is 16.6. The van der Waals surface area contributed by atoms with E-state index in [1.807, 2.05) is 31.2 Å². The van der Waals surface area contributed by atoms with Crippen molar-refractivity contribution in [1.82, 2.24) is 4.90 Å². The standard InChI is InChI=1S/C19H30N2O3/c1-6-7-12-23-18-14-16(2)19(17(3)15-18)24-13-8-10-21(4)11-9-20-22-5/h6-7,9,14-15H,8,10-13H2,1-5H3/b7-6+,20-9?. The zero-order valence-corrected chi connectivity index (χ0v) is 15.5. The lowest BCUT2D eigenvalue weighted by Crippen LogP contribution is -2.23. The van der Waals surface area contributed by atoms with Crippen molar-refractivity contribution in [2.45, 2.75) is 27.2 Å². The molecule has 5 heteroatoms. The normalized spacial score (nSPS) is 11.6. The van der Waals surface area contributed by atoms with Crippen LogP contribution < -0.4 is 9.47 Å². The minimum absolute atomic E-state index is 0.592. The molecule has 0 fully saturated rings. The first kappa shape index (κ1) is 20.0. The van der Waals surface area contributed by atoms with Crippen molar-refractivity contribution in [1.29, 1.82) is 0 Å². The van der Waals surface area contributed by atoms with Crippen LogP contribution in [0.5, 0.6) is 11.5 Å². The molecular formula is C19H30N2O3. The molecule has 1 aromatic carbocycles. The smallest absolute Gasteiger partial charge is 0.125 e. The summed E-state index contributed by atoms with van der Waals surface area (Å²) in [7, 11) is 3.60. The van der Waals surface area contributed by atoms with Crippen LogP contribution in [-0.2, 0) is 4.84 Å². The number of ether oxygens (including phenoxy) is 2. The van der Waals surface area contributed by atoms with Crippen LogP contribution in [0.2, 0.25) is 0 Å². The number of benzene rings is 1. The quantitative estimate of drug-likeness (QED) is 0.268. The molecule has 0 amide bonds. The van der Waals surface area contributed by atoms with Gasteiger partial charge in [0.1, 0.15) is 25.2 Å². The Bertz CT molecular complexity index is 518. The highest BCUT2D eigenvalue weighted by molar-refractivity contribution is 5.58. The van der Waals surface area contributed by atoms with Crippen LogP contribution in [0.3, 0.4) is 0 Å². The lowest BCUT2D eigenvalue weighted by atomic mass is 10.1. The number of rotatable bonds is 11. The molecule has 0 bridgehead atoms. The van der Waals surface area contributed by atoms with Crippen molar-refractivity contribution in [2.24, 2.45) is 5.16 Å². The molecular weight excluding hydrogens is 304 g/mol. The van der Waals surface area contributed by atoms with E-state index in [1.54, 1.807) is 13.3 Å². The number of hydrogen-bond donors (Lipinski definition) is 0. The van der Waals surface area contributed by atoms with Gasteiger partial charge in [-0.25, -0.2) is 0 Å². The minimum Gasteiger partial charge on any atom is -0.493 e. The SMILES string of the molecule is C/C=C/COc1cc(C)c(OCCCN(C)CC=NOC)c(C)c1. The fourth-order valence-corrected chi connectivity index (χ4v) is 2.31. The molecule has 0 aliphatic rings. The van der Waals surface area contributed by atoms with E-state index in [9.17, 15) is 0 Å². The number of nitrogens with zero attached hydrogens (tertiary/aromatic N) is 2. The monoisotopic (exact) mass is 334 g/mol. The third kappa shape index (κ3) is 7.51. The van der Waals surface area contributed by atoms with Gasteiger partial charge in [-0.2, -0.15) is 0 Å². The van der Waals surface area contributed by atoms with E-state index >= 15 is 0 Å². The zero-order chi connectivity index (χ0) is 17.8. The molecule has 0 spiro atoms. The third-order valence-corrected chi connectivity index (χ3v) is 3.52. The minimum atomic E-state index is 0.592. The molecule has 0 atom stereocenters. The van der Waals surface area contributed by atoms with E-state index < -0.39 is 0 Å². The van der Waals surface area contributed by atoms with Crippen LogP contribution in [-0.4, -0.2) is 51.6 Å². The van der Waals surface area contributed by atoms with Gasteiger partial charge in [0.2, 0.25) is 0 Å². The summed E-state index contributed by atoms with van der Waals surface area (Å²) in [5.41, 5.74) is 2.21. The van der Waals surface area contributed by atoms with Gasteiger partial charge in [0, 0.05) is 13.1 Å². The molecule has 0 saturated heterocycles. The van der Waals surface area contributed by atoms with E-state index in [0.29, 0.717) is 13.2 Å². The molecule has 0 aromatic heterocycles. The summed E-state index contributed by atoms with van der Waals surface area (Å²) >= 11 is 0. The second-order valence-corrected chi connectivity index (χ2v) is 5.70. The number of allylic oxidation sites excluding steroid dienone is 1. The molecule has 0 N–H and O–H groups in total. The Morgan fingerprint density at radius 3 is 2.50 bits per heavy atom. The van der Waals surface area contributed by atoms with Gasteiger partial charge in [-0.15, -0.1) is 0 Å². The number of aryl methyl sites for hydroxylation is 2. The summed E-state index contributed by atoms with van der Waals surface area (Å²) in [6.45, 7) is 9.08. The molecule has 0 aliphatic carbocycles. The van der Waals surface area contributed by atoms with Crippen LogP contribution in [0, 0.1) is 13.8 Å². The molecule has 5 nitrogen and oxygen atoms in total. The predicted molar refractivity (Wildman–Crippen MR) is 99.3 cm³/mol. The van der Waals surface area contributed by atoms with Crippen molar-refractivity contribution in [3.63, 3.8) is 0 Å². The molecule has 0 heterocycles. The highest BCUT2D eigenvalue weighted by Gasteiger charge is 2.07. The Hall–Kier alpha value is -2.01. The van der Waals surface area contributed by atoms with E-state index in [0.717, 1.165) is 42.1 Å². The summed E-state index contributed by atoms with van der Waals surface area (Å²) in [6.07, 6.45) is 6.68. The summed E-state index contributed by atoms with van der Waals surface area (Å²) < 4.78 is 11.7. The van der Waals surface area contributed by atoms with E-state index in [4.69, 9.17) is 9.47 Å². The van der Waals surface area contributed by atoms with Gasteiger partial charge in [0.05, 0.1) is 12.8 Å². The lowest BCUT2D eigenvalue weighted by molar-refractivity contribution is 0.212. The average Bonchev–Trinajstić information content (AvgIpc) is 2.54. The fraction of sp³-hybridized carbons (Fsp3) is 0.526. The Morgan fingerprint density at radius 2 is 1.88 bits per heavy atom. The highest BCUT2D eigenvalue weighted by Crippen LogP contribution is 2.28. The first-order chi connectivity index (χ1) is 11.6. The largest absolute Gasteiger partial charge is 0.493 e. The molecule has 0 radical (unpaired) electrons. The van der Waals surface area contributed by atoms with Crippen molar-refractivity contribution >= 4 is 6.21 Å². The molecule has 1 aromatic rings. The summed E-state index contributed by atoms with van der Waals surface area (Å²) in [5.74, 6) is 1.84. The van der Waals surface area contributed by atoms with Crippen molar-refractivity contribution in [2.75, 3.05) is 40.5 Å². The molecule has 1 rings (SSSR count). The van der Waals surface area contributed by atoms with Crippen LogP contribution in [0.15, 0.2) is 29.4 Å². The first-order valence-electron chi connectivity index (χ1n) is 8.30. The summed E-state index contributed by atoms with van der Waals surface area (Å²) in [5, 5.41) is 3.73. The van der Waals surface area contributed by atoms with Gasteiger partial charge in [-0.3, -0.25) is 0 Å². The molecule has 0 unspecified atom stereocenters. The molecule has 134 valence electrons. The Kier molecular flexibility index (Phi) is 9.61. The zero-order valence-electron chi connectivity index (χ0n) is 15.5. The maximum Gasteiger partial charge on any atom is 0.125 e. The summed E-state index contributed by atoms with van der Waals surface area (Å²) in [4.78, 5) is 6.82.